The lowest BCUT2D eigenvalue weighted by molar-refractivity contribution is -0.128. The van der Waals surface area contributed by atoms with Crippen LogP contribution in [-0.4, -0.2) is 53.3 Å². The summed E-state index contributed by atoms with van der Waals surface area (Å²) in [5.74, 6) is 0.855. The van der Waals surface area contributed by atoms with Gasteiger partial charge in [0.05, 0.1) is 26.2 Å². The number of aryl methyl sites for hydroxylation is 1. The van der Waals surface area contributed by atoms with E-state index >= 15 is 0 Å². The number of nitrogens with zero attached hydrogens (tertiary/aromatic N) is 2. The van der Waals surface area contributed by atoms with E-state index in [0.717, 1.165) is 28.1 Å². The van der Waals surface area contributed by atoms with Crippen molar-refractivity contribution in [1.29, 1.82) is 0 Å². The molecule has 0 saturated carbocycles. The second-order valence-corrected chi connectivity index (χ2v) is 8.64. The Bertz CT molecular complexity index is 942. The average molecular weight is 421 g/mol. The number of anilines is 1. The van der Waals surface area contributed by atoms with E-state index in [4.69, 9.17) is 9.47 Å². The standard InChI is InChI=1S/C21H28N2O5S/c1-6-16-7-10-18(11-8-16)23(29(5,25)26)15-21(24)22(2)14-17-9-12-19(27-3)20(13-17)28-4/h7-13H,6,14-15H2,1-5H3. The molecule has 0 aliphatic carbocycles. The van der Waals surface area contributed by atoms with E-state index in [0.29, 0.717) is 23.7 Å². The van der Waals surface area contributed by atoms with E-state index in [1.54, 1.807) is 45.5 Å². The number of benzene rings is 2. The van der Waals surface area contributed by atoms with Crippen LogP contribution in [0.3, 0.4) is 0 Å². The lowest BCUT2D eigenvalue weighted by Gasteiger charge is -2.25. The zero-order valence-electron chi connectivity index (χ0n) is 17.5. The molecule has 2 rings (SSSR count). The highest BCUT2D eigenvalue weighted by atomic mass is 32.2. The quantitative estimate of drug-likeness (QED) is 0.623. The largest absolute Gasteiger partial charge is 0.493 e. The van der Waals surface area contributed by atoms with Gasteiger partial charge in [-0.25, -0.2) is 8.42 Å². The first kappa shape index (κ1) is 22.5. The number of methoxy groups -OCH3 is 2. The topological polar surface area (TPSA) is 76.2 Å². The fraction of sp³-hybridized carbons (Fsp3) is 0.381. The van der Waals surface area contributed by atoms with Crippen LogP contribution in [0.25, 0.3) is 0 Å². The fourth-order valence-electron chi connectivity index (χ4n) is 2.88. The predicted molar refractivity (Wildman–Crippen MR) is 114 cm³/mol. The highest BCUT2D eigenvalue weighted by Gasteiger charge is 2.23. The predicted octanol–water partition coefficient (Wildman–Crippen LogP) is 2.69. The maximum atomic E-state index is 12.7. The van der Waals surface area contributed by atoms with E-state index in [-0.39, 0.29) is 12.5 Å². The summed E-state index contributed by atoms with van der Waals surface area (Å²) in [6.07, 6.45) is 1.95. The summed E-state index contributed by atoms with van der Waals surface area (Å²) in [6, 6.07) is 12.6. The molecule has 0 heterocycles. The van der Waals surface area contributed by atoms with Gasteiger partial charge >= 0.3 is 0 Å². The average Bonchev–Trinajstić information content (AvgIpc) is 2.70. The number of rotatable bonds is 9. The zero-order valence-corrected chi connectivity index (χ0v) is 18.3. The monoisotopic (exact) mass is 420 g/mol. The van der Waals surface area contributed by atoms with Crippen LogP contribution >= 0.6 is 0 Å². The first-order valence-electron chi connectivity index (χ1n) is 9.21. The zero-order chi connectivity index (χ0) is 21.6. The van der Waals surface area contributed by atoms with Crippen molar-refractivity contribution in [2.24, 2.45) is 0 Å². The highest BCUT2D eigenvalue weighted by molar-refractivity contribution is 7.92. The van der Waals surface area contributed by atoms with Crippen LogP contribution in [0.15, 0.2) is 42.5 Å². The van der Waals surface area contributed by atoms with Gasteiger partial charge in [-0.1, -0.05) is 25.1 Å². The molecule has 0 bridgehead atoms. The van der Waals surface area contributed by atoms with Crippen molar-refractivity contribution in [2.45, 2.75) is 19.9 Å². The Morgan fingerprint density at radius 3 is 2.07 bits per heavy atom. The van der Waals surface area contributed by atoms with Crippen LogP contribution < -0.4 is 13.8 Å². The minimum absolute atomic E-state index is 0.270. The van der Waals surface area contributed by atoms with Crippen molar-refractivity contribution in [3.05, 3.63) is 53.6 Å². The maximum Gasteiger partial charge on any atom is 0.243 e. The van der Waals surface area contributed by atoms with Crippen LogP contribution in [0.1, 0.15) is 18.1 Å². The first-order chi connectivity index (χ1) is 13.7. The van der Waals surface area contributed by atoms with Gasteiger partial charge in [0.2, 0.25) is 15.9 Å². The lowest BCUT2D eigenvalue weighted by Crippen LogP contribution is -2.41. The molecule has 0 unspecified atom stereocenters. The Labute approximate surface area is 172 Å². The summed E-state index contributed by atoms with van der Waals surface area (Å²) in [4.78, 5) is 14.2. The van der Waals surface area contributed by atoms with Gasteiger partial charge in [-0.05, 0) is 41.8 Å². The molecule has 0 radical (unpaired) electrons. The summed E-state index contributed by atoms with van der Waals surface area (Å²) < 4.78 is 36.2. The number of hydrogen-bond acceptors (Lipinski definition) is 5. The van der Waals surface area contributed by atoms with Gasteiger partial charge in [0.15, 0.2) is 11.5 Å². The molecule has 0 saturated heterocycles. The number of carbonyl (C=O) groups is 1. The van der Waals surface area contributed by atoms with Gasteiger partial charge in [0.25, 0.3) is 0 Å². The molecule has 158 valence electrons. The molecule has 0 spiro atoms. The molecule has 0 fully saturated rings. The van der Waals surface area contributed by atoms with Gasteiger partial charge in [-0.3, -0.25) is 9.10 Å². The number of likely N-dealkylation sites (N-methyl/N-ethyl adjacent to an activating group) is 1. The van der Waals surface area contributed by atoms with Crippen molar-refractivity contribution < 1.29 is 22.7 Å². The minimum Gasteiger partial charge on any atom is -0.493 e. The highest BCUT2D eigenvalue weighted by Crippen LogP contribution is 2.28. The lowest BCUT2D eigenvalue weighted by atomic mass is 10.1. The normalized spacial score (nSPS) is 11.1. The Hall–Kier alpha value is -2.74. The van der Waals surface area contributed by atoms with Crippen LogP contribution in [0, 0.1) is 0 Å². The van der Waals surface area contributed by atoms with Crippen molar-refractivity contribution in [3.8, 4) is 11.5 Å². The Kier molecular flexibility index (Phi) is 7.50. The van der Waals surface area contributed by atoms with Crippen molar-refractivity contribution in [3.63, 3.8) is 0 Å². The fourth-order valence-corrected chi connectivity index (χ4v) is 3.73. The molecule has 0 atom stereocenters. The number of ether oxygens (including phenoxy) is 2. The molecule has 0 aliphatic heterocycles. The second-order valence-electron chi connectivity index (χ2n) is 6.73. The summed E-state index contributed by atoms with van der Waals surface area (Å²) in [5.41, 5.74) is 2.41. The number of sulfonamides is 1. The smallest absolute Gasteiger partial charge is 0.243 e. The minimum atomic E-state index is -3.61. The molecule has 0 N–H and O–H groups in total. The van der Waals surface area contributed by atoms with Gasteiger partial charge in [-0.15, -0.1) is 0 Å². The van der Waals surface area contributed by atoms with E-state index in [9.17, 15) is 13.2 Å². The Morgan fingerprint density at radius 1 is 0.966 bits per heavy atom. The van der Waals surface area contributed by atoms with Gasteiger partial charge < -0.3 is 14.4 Å². The third-order valence-electron chi connectivity index (χ3n) is 4.61. The Morgan fingerprint density at radius 2 is 1.55 bits per heavy atom. The molecule has 29 heavy (non-hydrogen) atoms. The van der Waals surface area contributed by atoms with Crippen molar-refractivity contribution in [1.82, 2.24) is 4.90 Å². The molecular formula is C21H28N2O5S. The van der Waals surface area contributed by atoms with E-state index in [1.807, 2.05) is 25.1 Å². The molecule has 0 aliphatic rings. The number of carbonyl (C=O) groups excluding carboxylic acids is 1. The summed E-state index contributed by atoms with van der Waals surface area (Å²) >= 11 is 0. The molecule has 2 aromatic rings. The second kappa shape index (κ2) is 9.65. The summed E-state index contributed by atoms with van der Waals surface area (Å²) in [5, 5.41) is 0. The van der Waals surface area contributed by atoms with Gasteiger partial charge in [-0.2, -0.15) is 0 Å². The van der Waals surface area contributed by atoms with Crippen LogP contribution in [0.2, 0.25) is 0 Å². The third-order valence-corrected chi connectivity index (χ3v) is 5.75. The van der Waals surface area contributed by atoms with E-state index < -0.39 is 10.0 Å². The van der Waals surface area contributed by atoms with Crippen LogP contribution in [-0.2, 0) is 27.8 Å². The Balaban J connectivity index is 2.16. The summed E-state index contributed by atoms with van der Waals surface area (Å²) in [6.45, 7) is 2.07. The molecule has 1 amide bonds. The maximum absolute atomic E-state index is 12.7. The third kappa shape index (κ3) is 5.87. The molecular weight excluding hydrogens is 392 g/mol. The van der Waals surface area contributed by atoms with Crippen molar-refractivity contribution in [2.75, 3.05) is 38.4 Å². The molecule has 2 aromatic carbocycles. The van der Waals surface area contributed by atoms with Gasteiger partial charge in [0.1, 0.15) is 6.54 Å². The molecule has 0 aromatic heterocycles. The van der Waals surface area contributed by atoms with Crippen LogP contribution in [0.5, 0.6) is 11.5 Å². The number of amides is 1. The SMILES string of the molecule is CCc1ccc(N(CC(=O)N(C)Cc2ccc(OC)c(OC)c2)S(C)(=O)=O)cc1. The molecule has 8 heteroatoms. The molecule has 7 nitrogen and oxygen atoms in total. The van der Waals surface area contributed by atoms with Crippen LogP contribution in [0.4, 0.5) is 5.69 Å². The summed E-state index contributed by atoms with van der Waals surface area (Å²) in [7, 11) is 1.13. The van der Waals surface area contributed by atoms with E-state index in [1.165, 1.54) is 4.90 Å². The number of hydrogen-bond donors (Lipinski definition) is 0. The van der Waals surface area contributed by atoms with Crippen molar-refractivity contribution >= 4 is 21.6 Å². The first-order valence-corrected chi connectivity index (χ1v) is 11.1. The van der Waals surface area contributed by atoms with E-state index in [2.05, 4.69) is 0 Å². The van der Waals surface area contributed by atoms with Gasteiger partial charge in [0, 0.05) is 13.6 Å².